The summed E-state index contributed by atoms with van der Waals surface area (Å²) < 4.78 is 4.14. The van der Waals surface area contributed by atoms with Crippen LogP contribution in [-0.2, 0) is 7.05 Å². The van der Waals surface area contributed by atoms with Gasteiger partial charge in [-0.2, -0.15) is 0 Å². The zero-order valence-electron chi connectivity index (χ0n) is 15.2. The number of aromatic nitrogens is 3. The monoisotopic (exact) mass is 423 g/mol. The molecule has 0 saturated carbocycles. The van der Waals surface area contributed by atoms with Gasteiger partial charge < -0.3 is 4.57 Å². The fraction of sp³-hybridized carbons (Fsp3) is 0.190. The third-order valence-electron chi connectivity index (χ3n) is 4.75. The number of hydrogen-bond donors (Lipinski definition) is 0. The van der Waals surface area contributed by atoms with Crippen LogP contribution in [0, 0.1) is 0 Å². The van der Waals surface area contributed by atoms with Gasteiger partial charge >= 0.3 is 0 Å². The van der Waals surface area contributed by atoms with Gasteiger partial charge in [-0.3, -0.25) is 14.2 Å². The van der Waals surface area contributed by atoms with Gasteiger partial charge in [-0.15, -0.1) is 0 Å². The molecule has 4 aromatic rings. The predicted octanol–water partition coefficient (Wildman–Crippen LogP) is 4.12. The lowest BCUT2D eigenvalue weighted by molar-refractivity contribution is 0.715. The zero-order chi connectivity index (χ0) is 19.3. The van der Waals surface area contributed by atoms with E-state index in [-0.39, 0.29) is 22.3 Å². The van der Waals surface area contributed by atoms with Crippen molar-refractivity contribution >= 4 is 37.9 Å². The van der Waals surface area contributed by atoms with E-state index in [1.165, 1.54) is 0 Å². The van der Waals surface area contributed by atoms with E-state index in [1.807, 2.05) is 61.9 Å². The minimum Gasteiger partial charge on any atom is -0.328 e. The SMILES string of the molecule is CC(C)c1nc2c(c(=O)c3ccccc3n2C)c(=O)n1-c1ccccc1Br. The molecule has 0 aliphatic heterocycles. The number of aryl methyl sites for hydroxylation is 1. The lowest BCUT2D eigenvalue weighted by Crippen LogP contribution is -2.30. The molecule has 0 atom stereocenters. The molecule has 2 aromatic heterocycles. The predicted molar refractivity (Wildman–Crippen MR) is 112 cm³/mol. The molecule has 27 heavy (non-hydrogen) atoms. The molecule has 4 rings (SSSR count). The van der Waals surface area contributed by atoms with E-state index in [0.29, 0.717) is 22.5 Å². The molecule has 0 spiro atoms. The number of fused-ring (bicyclic) bond motifs is 2. The summed E-state index contributed by atoms with van der Waals surface area (Å²) in [5.74, 6) is 0.612. The standard InChI is InChI=1S/C21H18BrN3O2/c1-12(2)19-23-20-17(18(26)13-8-4-6-10-15(13)24(20)3)21(27)25(19)16-11-7-5-9-14(16)22/h4-12H,1-3H3. The average molecular weight is 424 g/mol. The van der Waals surface area contributed by atoms with Crippen LogP contribution in [0.1, 0.15) is 25.6 Å². The Bertz CT molecular complexity index is 1320. The third kappa shape index (κ3) is 2.63. The molecule has 2 heterocycles. The van der Waals surface area contributed by atoms with E-state index in [4.69, 9.17) is 4.98 Å². The van der Waals surface area contributed by atoms with Crippen molar-refractivity contribution in [1.29, 1.82) is 0 Å². The summed E-state index contributed by atoms with van der Waals surface area (Å²) in [5, 5.41) is 0.624. The van der Waals surface area contributed by atoms with Crippen LogP contribution in [0.4, 0.5) is 0 Å². The van der Waals surface area contributed by atoms with Crippen molar-refractivity contribution in [1.82, 2.24) is 14.1 Å². The molecular weight excluding hydrogens is 406 g/mol. The highest BCUT2D eigenvalue weighted by atomic mass is 79.9. The number of hydrogen-bond acceptors (Lipinski definition) is 3. The number of nitrogens with zero attached hydrogens (tertiary/aromatic N) is 3. The molecule has 0 bridgehead atoms. The lowest BCUT2D eigenvalue weighted by Gasteiger charge is -2.18. The van der Waals surface area contributed by atoms with Gasteiger partial charge in [-0.05, 0) is 40.2 Å². The second-order valence-corrected chi connectivity index (χ2v) is 7.67. The smallest absolute Gasteiger partial charge is 0.271 e. The van der Waals surface area contributed by atoms with Gasteiger partial charge in [0.25, 0.3) is 5.56 Å². The van der Waals surface area contributed by atoms with E-state index < -0.39 is 0 Å². The van der Waals surface area contributed by atoms with Crippen LogP contribution in [-0.4, -0.2) is 14.1 Å². The van der Waals surface area contributed by atoms with Crippen molar-refractivity contribution in [2.75, 3.05) is 0 Å². The molecule has 0 unspecified atom stereocenters. The number of pyridine rings is 1. The van der Waals surface area contributed by atoms with Gasteiger partial charge in [0.1, 0.15) is 11.2 Å². The lowest BCUT2D eigenvalue weighted by atomic mass is 10.1. The van der Waals surface area contributed by atoms with Crippen LogP contribution < -0.4 is 11.0 Å². The molecule has 2 aromatic carbocycles. The topological polar surface area (TPSA) is 56.9 Å². The maximum atomic E-state index is 13.5. The summed E-state index contributed by atoms with van der Waals surface area (Å²) in [7, 11) is 1.84. The highest BCUT2D eigenvalue weighted by molar-refractivity contribution is 9.10. The number of para-hydroxylation sites is 2. The van der Waals surface area contributed by atoms with Gasteiger partial charge in [0.2, 0.25) is 5.43 Å². The summed E-state index contributed by atoms with van der Waals surface area (Å²) in [4.78, 5) is 31.4. The van der Waals surface area contributed by atoms with E-state index >= 15 is 0 Å². The second kappa shape index (κ2) is 6.46. The van der Waals surface area contributed by atoms with Gasteiger partial charge in [0.05, 0.1) is 11.2 Å². The molecule has 136 valence electrons. The van der Waals surface area contributed by atoms with E-state index in [9.17, 15) is 9.59 Å². The van der Waals surface area contributed by atoms with Crippen LogP contribution in [0.2, 0.25) is 0 Å². The quantitative estimate of drug-likeness (QED) is 0.455. The average Bonchev–Trinajstić information content (AvgIpc) is 2.66. The maximum absolute atomic E-state index is 13.5. The summed E-state index contributed by atoms with van der Waals surface area (Å²) in [6.45, 7) is 3.97. The molecule has 0 aliphatic carbocycles. The Balaban J connectivity index is 2.29. The molecule has 6 heteroatoms. The molecular formula is C21H18BrN3O2. The third-order valence-corrected chi connectivity index (χ3v) is 5.43. The largest absolute Gasteiger partial charge is 0.328 e. The van der Waals surface area contributed by atoms with Crippen LogP contribution in [0.3, 0.4) is 0 Å². The van der Waals surface area contributed by atoms with Crippen molar-refractivity contribution in [3.63, 3.8) is 0 Å². The van der Waals surface area contributed by atoms with Crippen LogP contribution >= 0.6 is 15.9 Å². The Morgan fingerprint density at radius 3 is 2.37 bits per heavy atom. The first-order chi connectivity index (χ1) is 12.9. The highest BCUT2D eigenvalue weighted by Crippen LogP contribution is 2.24. The van der Waals surface area contributed by atoms with E-state index in [2.05, 4.69) is 15.9 Å². The normalized spacial score (nSPS) is 11.6. The fourth-order valence-electron chi connectivity index (χ4n) is 3.43. The summed E-state index contributed by atoms with van der Waals surface area (Å²) in [5.41, 5.74) is 1.22. The van der Waals surface area contributed by atoms with Crippen molar-refractivity contribution in [2.24, 2.45) is 7.05 Å². The first-order valence-corrected chi connectivity index (χ1v) is 9.50. The van der Waals surface area contributed by atoms with E-state index in [1.54, 1.807) is 16.7 Å². The van der Waals surface area contributed by atoms with Crippen LogP contribution in [0.5, 0.6) is 0 Å². The van der Waals surface area contributed by atoms with Crippen LogP contribution in [0.25, 0.3) is 27.6 Å². The van der Waals surface area contributed by atoms with Crippen molar-refractivity contribution in [3.8, 4) is 5.69 Å². The van der Waals surface area contributed by atoms with Gasteiger partial charge in [0, 0.05) is 22.8 Å². The van der Waals surface area contributed by atoms with Crippen molar-refractivity contribution in [3.05, 3.63) is 79.4 Å². The Hall–Kier alpha value is -2.73. The Labute approximate surface area is 164 Å². The van der Waals surface area contributed by atoms with Gasteiger partial charge in [-0.25, -0.2) is 4.98 Å². The molecule has 0 aliphatic rings. The maximum Gasteiger partial charge on any atom is 0.271 e. The summed E-state index contributed by atoms with van der Waals surface area (Å²) in [6.07, 6.45) is 0. The number of rotatable bonds is 2. The Morgan fingerprint density at radius 1 is 1.00 bits per heavy atom. The molecule has 5 nitrogen and oxygen atoms in total. The second-order valence-electron chi connectivity index (χ2n) is 6.82. The first kappa shape index (κ1) is 17.7. The molecule has 0 radical (unpaired) electrons. The van der Waals surface area contributed by atoms with Gasteiger partial charge in [-0.1, -0.05) is 38.1 Å². The highest BCUT2D eigenvalue weighted by Gasteiger charge is 2.21. The van der Waals surface area contributed by atoms with Crippen molar-refractivity contribution < 1.29 is 0 Å². The molecule has 0 amide bonds. The van der Waals surface area contributed by atoms with Crippen LogP contribution in [0.15, 0.2) is 62.6 Å². The summed E-state index contributed by atoms with van der Waals surface area (Å²) >= 11 is 3.52. The molecule has 0 fully saturated rings. The number of halogens is 1. The minimum absolute atomic E-state index is 0.00391. The Morgan fingerprint density at radius 2 is 1.67 bits per heavy atom. The first-order valence-electron chi connectivity index (χ1n) is 8.71. The Kier molecular flexibility index (Phi) is 4.23. The summed E-state index contributed by atoms with van der Waals surface area (Å²) in [6, 6.07) is 14.7. The molecule has 0 N–H and O–H groups in total. The fourth-order valence-corrected chi connectivity index (χ4v) is 3.89. The van der Waals surface area contributed by atoms with E-state index in [0.717, 1.165) is 9.99 Å². The number of benzene rings is 2. The zero-order valence-corrected chi connectivity index (χ0v) is 16.8. The van der Waals surface area contributed by atoms with Crippen molar-refractivity contribution in [2.45, 2.75) is 19.8 Å². The molecule has 0 saturated heterocycles. The van der Waals surface area contributed by atoms with Gasteiger partial charge in [0.15, 0.2) is 5.65 Å². The minimum atomic E-state index is -0.345.